The molecule has 0 atom stereocenters. The Morgan fingerprint density at radius 2 is 1.92 bits per heavy atom. The maximum atomic E-state index is 13.5. The molecule has 1 aliphatic heterocycles. The molecule has 24 heavy (non-hydrogen) atoms. The van der Waals surface area contributed by atoms with E-state index in [-0.39, 0.29) is 23.5 Å². The van der Waals surface area contributed by atoms with Crippen molar-refractivity contribution in [3.63, 3.8) is 0 Å². The van der Waals surface area contributed by atoms with E-state index in [1.54, 1.807) is 31.1 Å². The highest BCUT2D eigenvalue weighted by atomic mass is 19.1. The van der Waals surface area contributed by atoms with Crippen molar-refractivity contribution >= 4 is 17.5 Å². The molecule has 0 aromatic heterocycles. The molecule has 2 aliphatic rings. The Morgan fingerprint density at radius 1 is 1.25 bits per heavy atom. The third-order valence-corrected chi connectivity index (χ3v) is 4.88. The lowest BCUT2D eigenvalue weighted by Gasteiger charge is -2.43. The number of benzene rings is 1. The molecular weight excluding hydrogens is 309 g/mol. The number of nitrogens with one attached hydrogen (secondary N) is 1. The number of amides is 2. The van der Waals surface area contributed by atoms with Crippen LogP contribution in [0.1, 0.15) is 25.7 Å². The Bertz CT molecular complexity index is 635. The SMILES string of the molecule is CN(C)C(=O)C1(Nc2cccc(F)c2)CCN(C(=O)C2CC2)CC1. The van der Waals surface area contributed by atoms with E-state index in [9.17, 15) is 14.0 Å². The predicted octanol–water partition coefficient (Wildman–Crippen LogP) is 2.10. The predicted molar refractivity (Wildman–Crippen MR) is 90.0 cm³/mol. The minimum absolute atomic E-state index is 0.0368. The molecule has 6 heteroatoms. The average Bonchev–Trinajstić information content (AvgIpc) is 3.39. The molecule has 2 fully saturated rings. The summed E-state index contributed by atoms with van der Waals surface area (Å²) in [5.41, 5.74) is -0.204. The third-order valence-electron chi connectivity index (χ3n) is 4.88. The standard InChI is InChI=1S/C18H24FN3O2/c1-21(2)17(24)18(20-15-5-3-4-14(19)12-15)8-10-22(11-9-18)16(23)13-6-7-13/h3-5,12-13,20H,6-11H2,1-2H3. The van der Waals surface area contributed by atoms with Gasteiger partial charge in [-0.2, -0.15) is 0 Å². The zero-order chi connectivity index (χ0) is 17.3. The van der Waals surface area contributed by atoms with Gasteiger partial charge in [-0.3, -0.25) is 9.59 Å². The van der Waals surface area contributed by atoms with Crippen LogP contribution in [0.4, 0.5) is 10.1 Å². The van der Waals surface area contributed by atoms with Crippen molar-refractivity contribution in [2.24, 2.45) is 5.92 Å². The van der Waals surface area contributed by atoms with Crippen molar-refractivity contribution < 1.29 is 14.0 Å². The Hall–Kier alpha value is -2.11. The van der Waals surface area contributed by atoms with Crippen molar-refractivity contribution in [1.29, 1.82) is 0 Å². The van der Waals surface area contributed by atoms with Crippen LogP contribution in [0.2, 0.25) is 0 Å². The summed E-state index contributed by atoms with van der Waals surface area (Å²) in [6, 6.07) is 6.15. The van der Waals surface area contributed by atoms with E-state index < -0.39 is 5.54 Å². The molecule has 1 N–H and O–H groups in total. The van der Waals surface area contributed by atoms with Gasteiger partial charge in [-0.15, -0.1) is 0 Å². The number of likely N-dealkylation sites (N-methyl/N-ethyl adjacent to an activating group) is 1. The van der Waals surface area contributed by atoms with E-state index >= 15 is 0 Å². The van der Waals surface area contributed by atoms with Gasteiger partial charge in [-0.05, 0) is 43.9 Å². The average molecular weight is 333 g/mol. The molecule has 130 valence electrons. The van der Waals surface area contributed by atoms with Gasteiger partial charge in [0.25, 0.3) is 0 Å². The lowest BCUT2D eigenvalue weighted by molar-refractivity contribution is -0.140. The Balaban J connectivity index is 1.77. The van der Waals surface area contributed by atoms with Gasteiger partial charge in [0.05, 0.1) is 0 Å². The van der Waals surface area contributed by atoms with E-state index in [1.807, 2.05) is 4.90 Å². The maximum absolute atomic E-state index is 13.5. The second kappa shape index (κ2) is 6.42. The largest absolute Gasteiger partial charge is 0.371 e. The van der Waals surface area contributed by atoms with E-state index in [2.05, 4.69) is 5.32 Å². The van der Waals surface area contributed by atoms with E-state index in [0.717, 1.165) is 12.8 Å². The summed E-state index contributed by atoms with van der Waals surface area (Å²) in [6.45, 7) is 1.11. The van der Waals surface area contributed by atoms with Crippen LogP contribution < -0.4 is 5.32 Å². The third kappa shape index (κ3) is 3.37. The minimum Gasteiger partial charge on any atom is -0.371 e. The summed E-state index contributed by atoms with van der Waals surface area (Å²) in [6.07, 6.45) is 3.02. The van der Waals surface area contributed by atoms with Gasteiger partial charge in [-0.25, -0.2) is 4.39 Å². The van der Waals surface area contributed by atoms with Crippen LogP contribution in [-0.4, -0.2) is 54.3 Å². The van der Waals surface area contributed by atoms with Gasteiger partial charge in [0, 0.05) is 38.8 Å². The topological polar surface area (TPSA) is 52.7 Å². The molecule has 1 saturated carbocycles. The number of carbonyl (C=O) groups excluding carboxylic acids is 2. The van der Waals surface area contributed by atoms with Gasteiger partial charge in [-0.1, -0.05) is 6.07 Å². The number of hydrogen-bond acceptors (Lipinski definition) is 3. The Kier molecular flexibility index (Phi) is 4.47. The van der Waals surface area contributed by atoms with Crippen LogP contribution in [0, 0.1) is 11.7 Å². The maximum Gasteiger partial charge on any atom is 0.247 e. The number of anilines is 1. The van der Waals surface area contributed by atoms with Gasteiger partial charge in [0.2, 0.25) is 11.8 Å². The second-order valence-electron chi connectivity index (χ2n) is 7.02. The number of likely N-dealkylation sites (tertiary alicyclic amines) is 1. The van der Waals surface area contributed by atoms with Gasteiger partial charge in [0.15, 0.2) is 0 Å². The molecule has 1 aromatic carbocycles. The van der Waals surface area contributed by atoms with E-state index in [4.69, 9.17) is 0 Å². The van der Waals surface area contributed by atoms with Crippen LogP contribution >= 0.6 is 0 Å². The fraction of sp³-hybridized carbons (Fsp3) is 0.556. The molecule has 1 aliphatic carbocycles. The molecule has 3 rings (SSSR count). The lowest BCUT2D eigenvalue weighted by atomic mass is 9.85. The highest BCUT2D eigenvalue weighted by Crippen LogP contribution is 2.34. The quantitative estimate of drug-likeness (QED) is 0.918. The van der Waals surface area contributed by atoms with Crippen LogP contribution in [0.25, 0.3) is 0 Å². The number of rotatable bonds is 4. The Morgan fingerprint density at radius 3 is 2.46 bits per heavy atom. The molecule has 0 spiro atoms. The first kappa shape index (κ1) is 16.7. The summed E-state index contributed by atoms with van der Waals surface area (Å²) >= 11 is 0. The van der Waals surface area contributed by atoms with Gasteiger partial charge in [0.1, 0.15) is 11.4 Å². The number of halogens is 1. The summed E-state index contributed by atoms with van der Waals surface area (Å²) in [4.78, 5) is 28.5. The molecule has 1 aromatic rings. The van der Waals surface area contributed by atoms with Crippen molar-refractivity contribution in [2.75, 3.05) is 32.5 Å². The first-order valence-corrected chi connectivity index (χ1v) is 8.45. The summed E-state index contributed by atoms with van der Waals surface area (Å²) in [5, 5.41) is 3.25. The number of piperidine rings is 1. The smallest absolute Gasteiger partial charge is 0.247 e. The normalized spacial score (nSPS) is 19.7. The zero-order valence-corrected chi connectivity index (χ0v) is 14.2. The summed E-state index contributed by atoms with van der Waals surface area (Å²) in [7, 11) is 3.44. The Labute approximate surface area is 141 Å². The highest BCUT2D eigenvalue weighted by Gasteiger charge is 2.45. The van der Waals surface area contributed by atoms with Crippen molar-refractivity contribution in [1.82, 2.24) is 9.80 Å². The van der Waals surface area contributed by atoms with E-state index in [1.165, 1.54) is 12.1 Å². The van der Waals surface area contributed by atoms with Crippen molar-refractivity contribution in [3.05, 3.63) is 30.1 Å². The first-order chi connectivity index (χ1) is 11.4. The van der Waals surface area contributed by atoms with Crippen molar-refractivity contribution in [3.8, 4) is 0 Å². The molecule has 0 bridgehead atoms. The zero-order valence-electron chi connectivity index (χ0n) is 14.2. The summed E-state index contributed by atoms with van der Waals surface area (Å²) < 4.78 is 13.5. The second-order valence-corrected chi connectivity index (χ2v) is 7.02. The van der Waals surface area contributed by atoms with Crippen LogP contribution in [0.15, 0.2) is 24.3 Å². The molecular formula is C18H24FN3O2. The highest BCUT2D eigenvalue weighted by molar-refractivity contribution is 5.90. The van der Waals surface area contributed by atoms with E-state index in [0.29, 0.717) is 31.6 Å². The van der Waals surface area contributed by atoms with Gasteiger partial charge < -0.3 is 15.1 Å². The number of hydrogen-bond donors (Lipinski definition) is 1. The molecule has 0 radical (unpaired) electrons. The fourth-order valence-electron chi connectivity index (χ4n) is 3.36. The van der Waals surface area contributed by atoms with Gasteiger partial charge >= 0.3 is 0 Å². The number of carbonyl (C=O) groups is 2. The van der Waals surface area contributed by atoms with Crippen LogP contribution in [0.5, 0.6) is 0 Å². The monoisotopic (exact) mass is 333 g/mol. The molecule has 0 unspecified atom stereocenters. The summed E-state index contributed by atoms with van der Waals surface area (Å²) in [5.74, 6) is 0.0315. The first-order valence-electron chi connectivity index (χ1n) is 8.45. The van der Waals surface area contributed by atoms with Crippen molar-refractivity contribution in [2.45, 2.75) is 31.2 Å². The number of nitrogens with zero attached hydrogens (tertiary/aromatic N) is 2. The fourth-order valence-corrected chi connectivity index (χ4v) is 3.36. The molecule has 2 amide bonds. The minimum atomic E-state index is -0.794. The van der Waals surface area contributed by atoms with Crippen LogP contribution in [0.3, 0.4) is 0 Å². The van der Waals surface area contributed by atoms with Crippen LogP contribution in [-0.2, 0) is 9.59 Å². The molecule has 1 heterocycles. The lowest BCUT2D eigenvalue weighted by Crippen LogP contribution is -2.58. The molecule has 1 saturated heterocycles. The molecule has 5 nitrogen and oxygen atoms in total.